The van der Waals surface area contributed by atoms with Crippen molar-refractivity contribution in [2.24, 2.45) is 0 Å². The summed E-state index contributed by atoms with van der Waals surface area (Å²) in [6.45, 7) is 1.67. The Balaban J connectivity index is 1.93. The minimum absolute atomic E-state index is 0.0771. The molecule has 0 spiro atoms. The topological polar surface area (TPSA) is 75.7 Å². The lowest BCUT2D eigenvalue weighted by atomic mass is 10.2. The number of carbonyl (C=O) groups excluding carboxylic acids is 3. The smallest absolute Gasteiger partial charge is 0.340 e. The van der Waals surface area contributed by atoms with Gasteiger partial charge in [0.15, 0.2) is 6.10 Å². The summed E-state index contributed by atoms with van der Waals surface area (Å²) in [5, 5.41) is 2.65. The Bertz CT molecular complexity index is 871. The Morgan fingerprint density at radius 2 is 1.76 bits per heavy atom. The molecule has 1 N–H and O–H groups in total. The summed E-state index contributed by atoms with van der Waals surface area (Å²) < 4.78 is 18.2. The lowest BCUT2D eigenvalue weighted by molar-refractivity contribution is -0.129. The number of hydrogen-bond donors (Lipinski definition) is 1. The number of nitrogens with zero attached hydrogens (tertiary/aromatic N) is 1. The second-order valence-corrected chi connectivity index (χ2v) is 7.48. The first kappa shape index (κ1) is 22.4. The van der Waals surface area contributed by atoms with Gasteiger partial charge in [-0.3, -0.25) is 9.59 Å². The standard InChI is InChI=1S/C21H23FN2O4S/c1-14(20(26)23-12-15-8-10-16(22)11-9-15)28-21(27)17-6-4-5-7-18(17)29-13-19(25)24(2)3/h4-11,14H,12-13H2,1-3H3,(H,23,26)/t14-/m0/s1. The Labute approximate surface area is 173 Å². The number of halogens is 1. The van der Waals surface area contributed by atoms with Gasteiger partial charge in [0, 0.05) is 25.5 Å². The Hall–Kier alpha value is -2.87. The van der Waals surface area contributed by atoms with Crippen molar-refractivity contribution in [2.75, 3.05) is 19.8 Å². The molecule has 0 fully saturated rings. The molecule has 0 aliphatic rings. The quantitative estimate of drug-likeness (QED) is 0.527. The summed E-state index contributed by atoms with van der Waals surface area (Å²) in [5.74, 6) is -1.35. The van der Waals surface area contributed by atoms with E-state index in [1.165, 1.54) is 35.7 Å². The van der Waals surface area contributed by atoms with Crippen molar-refractivity contribution in [3.05, 3.63) is 65.5 Å². The molecular formula is C21H23FN2O4S. The minimum Gasteiger partial charge on any atom is -0.449 e. The van der Waals surface area contributed by atoms with Crippen LogP contribution < -0.4 is 5.32 Å². The maximum Gasteiger partial charge on any atom is 0.340 e. The molecule has 0 bridgehead atoms. The number of rotatable bonds is 8. The van der Waals surface area contributed by atoms with Crippen LogP contribution in [-0.4, -0.2) is 48.6 Å². The molecule has 0 aliphatic carbocycles. The van der Waals surface area contributed by atoms with E-state index in [4.69, 9.17) is 4.74 Å². The molecule has 6 nitrogen and oxygen atoms in total. The number of thioether (sulfide) groups is 1. The number of nitrogens with one attached hydrogen (secondary N) is 1. The predicted molar refractivity (Wildman–Crippen MR) is 109 cm³/mol. The molecule has 2 rings (SSSR count). The van der Waals surface area contributed by atoms with Crippen molar-refractivity contribution in [2.45, 2.75) is 24.5 Å². The van der Waals surface area contributed by atoms with Gasteiger partial charge in [0.05, 0.1) is 11.3 Å². The van der Waals surface area contributed by atoms with Gasteiger partial charge in [-0.1, -0.05) is 24.3 Å². The Morgan fingerprint density at radius 3 is 2.41 bits per heavy atom. The molecule has 29 heavy (non-hydrogen) atoms. The van der Waals surface area contributed by atoms with E-state index in [1.54, 1.807) is 50.5 Å². The summed E-state index contributed by atoms with van der Waals surface area (Å²) in [7, 11) is 3.32. The first-order valence-electron chi connectivity index (χ1n) is 8.93. The average Bonchev–Trinajstić information content (AvgIpc) is 2.71. The van der Waals surface area contributed by atoms with E-state index in [2.05, 4.69) is 5.32 Å². The highest BCUT2D eigenvalue weighted by atomic mass is 32.2. The fraction of sp³-hybridized carbons (Fsp3) is 0.286. The highest BCUT2D eigenvalue weighted by molar-refractivity contribution is 8.00. The zero-order valence-corrected chi connectivity index (χ0v) is 17.3. The number of benzene rings is 2. The molecule has 0 unspecified atom stereocenters. The van der Waals surface area contributed by atoms with Gasteiger partial charge in [-0.15, -0.1) is 11.8 Å². The maximum atomic E-state index is 12.9. The molecule has 1 atom stereocenters. The van der Waals surface area contributed by atoms with E-state index in [0.29, 0.717) is 10.5 Å². The fourth-order valence-electron chi connectivity index (χ4n) is 2.24. The van der Waals surface area contributed by atoms with E-state index in [1.807, 2.05) is 0 Å². The van der Waals surface area contributed by atoms with Gasteiger partial charge >= 0.3 is 5.97 Å². The summed E-state index contributed by atoms with van der Waals surface area (Å²) in [5.41, 5.74) is 1.02. The van der Waals surface area contributed by atoms with Crippen molar-refractivity contribution >= 4 is 29.5 Å². The van der Waals surface area contributed by atoms with Gasteiger partial charge in [-0.05, 0) is 36.8 Å². The van der Waals surface area contributed by atoms with Gasteiger partial charge in [-0.25, -0.2) is 9.18 Å². The molecule has 0 saturated heterocycles. The van der Waals surface area contributed by atoms with Crippen LogP contribution in [0, 0.1) is 5.82 Å². The molecule has 2 amide bonds. The normalized spacial score (nSPS) is 11.4. The highest BCUT2D eigenvalue weighted by Gasteiger charge is 2.21. The molecule has 154 valence electrons. The number of amides is 2. The molecule has 0 heterocycles. The number of esters is 1. The molecule has 0 aliphatic heterocycles. The molecule has 0 radical (unpaired) electrons. The maximum absolute atomic E-state index is 12.9. The Kier molecular flexibility index (Phi) is 8.21. The predicted octanol–water partition coefficient (Wildman–Crippen LogP) is 2.87. The summed E-state index contributed by atoms with van der Waals surface area (Å²) in [4.78, 5) is 38.6. The lowest BCUT2D eigenvalue weighted by Gasteiger charge is -2.15. The van der Waals surface area contributed by atoms with Gasteiger partial charge in [-0.2, -0.15) is 0 Å². The molecule has 2 aromatic rings. The monoisotopic (exact) mass is 418 g/mol. The van der Waals surface area contributed by atoms with E-state index in [-0.39, 0.29) is 24.0 Å². The third-order valence-electron chi connectivity index (χ3n) is 3.99. The van der Waals surface area contributed by atoms with Crippen LogP contribution in [0.4, 0.5) is 4.39 Å². The van der Waals surface area contributed by atoms with Crippen molar-refractivity contribution in [3.8, 4) is 0 Å². The first-order chi connectivity index (χ1) is 13.8. The van der Waals surface area contributed by atoms with E-state index >= 15 is 0 Å². The average molecular weight is 418 g/mol. The van der Waals surface area contributed by atoms with E-state index in [9.17, 15) is 18.8 Å². The van der Waals surface area contributed by atoms with Gasteiger partial charge in [0.2, 0.25) is 5.91 Å². The zero-order valence-electron chi connectivity index (χ0n) is 16.5. The van der Waals surface area contributed by atoms with Crippen LogP contribution in [0.1, 0.15) is 22.8 Å². The van der Waals surface area contributed by atoms with Gasteiger partial charge < -0.3 is 15.0 Å². The SMILES string of the molecule is C[C@H](OC(=O)c1ccccc1SCC(=O)N(C)C)C(=O)NCc1ccc(F)cc1. The molecule has 0 saturated carbocycles. The van der Waals surface area contributed by atoms with Crippen LogP contribution in [0.15, 0.2) is 53.4 Å². The molecule has 8 heteroatoms. The van der Waals surface area contributed by atoms with E-state index in [0.717, 1.165) is 5.56 Å². The molecule has 2 aromatic carbocycles. The third kappa shape index (κ3) is 6.90. The van der Waals surface area contributed by atoms with Crippen molar-refractivity contribution in [3.63, 3.8) is 0 Å². The van der Waals surface area contributed by atoms with Crippen LogP contribution in [0.25, 0.3) is 0 Å². The number of hydrogen-bond acceptors (Lipinski definition) is 5. The second-order valence-electron chi connectivity index (χ2n) is 6.46. The van der Waals surface area contributed by atoms with Crippen LogP contribution in [0.2, 0.25) is 0 Å². The van der Waals surface area contributed by atoms with Crippen molar-refractivity contribution < 1.29 is 23.5 Å². The summed E-state index contributed by atoms with van der Waals surface area (Å²) in [6, 6.07) is 12.5. The molecule has 0 aromatic heterocycles. The fourth-order valence-corrected chi connectivity index (χ4v) is 3.26. The van der Waals surface area contributed by atoms with Crippen molar-refractivity contribution in [1.82, 2.24) is 10.2 Å². The number of carbonyl (C=O) groups is 3. The Morgan fingerprint density at radius 1 is 1.10 bits per heavy atom. The van der Waals surface area contributed by atoms with Crippen LogP contribution in [-0.2, 0) is 20.9 Å². The third-order valence-corrected chi connectivity index (χ3v) is 5.05. The first-order valence-corrected chi connectivity index (χ1v) is 9.91. The number of ether oxygens (including phenoxy) is 1. The highest BCUT2D eigenvalue weighted by Crippen LogP contribution is 2.24. The lowest BCUT2D eigenvalue weighted by Crippen LogP contribution is -2.35. The summed E-state index contributed by atoms with van der Waals surface area (Å²) >= 11 is 1.23. The summed E-state index contributed by atoms with van der Waals surface area (Å²) in [6.07, 6.45) is -1.01. The van der Waals surface area contributed by atoms with Crippen LogP contribution in [0.3, 0.4) is 0 Å². The molecular weight excluding hydrogens is 395 g/mol. The largest absolute Gasteiger partial charge is 0.449 e. The van der Waals surface area contributed by atoms with Crippen molar-refractivity contribution in [1.29, 1.82) is 0 Å². The van der Waals surface area contributed by atoms with Crippen LogP contribution in [0.5, 0.6) is 0 Å². The van der Waals surface area contributed by atoms with Gasteiger partial charge in [0.25, 0.3) is 5.91 Å². The second kappa shape index (κ2) is 10.6. The van der Waals surface area contributed by atoms with E-state index < -0.39 is 18.0 Å². The zero-order chi connectivity index (χ0) is 21.4. The van der Waals surface area contributed by atoms with Gasteiger partial charge in [0.1, 0.15) is 5.82 Å². The van der Waals surface area contributed by atoms with Crippen LogP contribution >= 0.6 is 11.8 Å². The minimum atomic E-state index is -1.01.